The van der Waals surface area contributed by atoms with E-state index in [0.29, 0.717) is 18.6 Å². The van der Waals surface area contributed by atoms with Crippen molar-refractivity contribution >= 4 is 5.78 Å². The number of hydrogen-bond donors (Lipinski definition) is 0. The number of ketones is 1. The first-order valence-corrected chi connectivity index (χ1v) is 6.77. The molecule has 0 atom stereocenters. The van der Waals surface area contributed by atoms with Gasteiger partial charge < -0.3 is 4.57 Å². The van der Waals surface area contributed by atoms with Gasteiger partial charge in [0.15, 0.2) is 0 Å². The second-order valence-corrected chi connectivity index (χ2v) is 4.83. The van der Waals surface area contributed by atoms with Gasteiger partial charge in [-0.3, -0.25) is 4.79 Å². The number of benzene rings is 1. The van der Waals surface area contributed by atoms with Gasteiger partial charge in [0.05, 0.1) is 0 Å². The van der Waals surface area contributed by atoms with E-state index >= 15 is 0 Å². The minimum atomic E-state index is 0.332. The molecule has 0 spiro atoms. The van der Waals surface area contributed by atoms with E-state index in [1.54, 1.807) is 6.20 Å². The van der Waals surface area contributed by atoms with Crippen LogP contribution in [0.1, 0.15) is 30.7 Å². The monoisotopic (exact) mass is 256 g/mol. The number of carbonyl (C=O) groups excluding carboxylic acids is 1. The SMILES string of the molecule is Cn1ccnc1CCC(=O)CCCc1ccccc1. The van der Waals surface area contributed by atoms with Crippen molar-refractivity contribution in [3.63, 3.8) is 0 Å². The van der Waals surface area contributed by atoms with Gasteiger partial charge in [0.25, 0.3) is 0 Å². The Kier molecular flexibility index (Phi) is 4.90. The standard InChI is InChI=1S/C16H20N2O/c1-18-13-12-17-16(18)11-10-15(19)9-5-8-14-6-3-2-4-7-14/h2-4,6-7,12-13H,5,8-11H2,1H3. The van der Waals surface area contributed by atoms with E-state index in [4.69, 9.17) is 0 Å². The average Bonchev–Trinajstić information content (AvgIpc) is 2.83. The minimum Gasteiger partial charge on any atom is -0.338 e. The second kappa shape index (κ2) is 6.88. The Morgan fingerprint density at radius 3 is 2.63 bits per heavy atom. The van der Waals surface area contributed by atoms with E-state index in [1.165, 1.54) is 5.56 Å². The predicted octanol–water partition coefficient (Wildman–Crippen LogP) is 2.94. The van der Waals surface area contributed by atoms with Gasteiger partial charge in [0, 0.05) is 38.7 Å². The van der Waals surface area contributed by atoms with Gasteiger partial charge in [-0.1, -0.05) is 30.3 Å². The fourth-order valence-electron chi connectivity index (χ4n) is 2.15. The summed E-state index contributed by atoms with van der Waals surface area (Å²) < 4.78 is 1.97. The molecular formula is C16H20N2O. The second-order valence-electron chi connectivity index (χ2n) is 4.83. The summed E-state index contributed by atoms with van der Waals surface area (Å²) in [4.78, 5) is 16.0. The number of nitrogens with zero attached hydrogens (tertiary/aromatic N) is 2. The van der Waals surface area contributed by atoms with Crippen LogP contribution in [-0.2, 0) is 24.7 Å². The summed E-state index contributed by atoms with van der Waals surface area (Å²) in [5.74, 6) is 1.32. The largest absolute Gasteiger partial charge is 0.338 e. The lowest BCUT2D eigenvalue weighted by Gasteiger charge is -2.03. The van der Waals surface area contributed by atoms with E-state index in [1.807, 2.05) is 36.0 Å². The Balaban J connectivity index is 1.66. The lowest BCUT2D eigenvalue weighted by atomic mass is 10.0. The van der Waals surface area contributed by atoms with Gasteiger partial charge >= 0.3 is 0 Å². The first kappa shape index (κ1) is 13.5. The number of imidazole rings is 1. The van der Waals surface area contributed by atoms with Crippen molar-refractivity contribution in [1.82, 2.24) is 9.55 Å². The summed E-state index contributed by atoms with van der Waals surface area (Å²) in [6.07, 6.45) is 7.61. The number of rotatable bonds is 7. The average molecular weight is 256 g/mol. The van der Waals surface area contributed by atoms with Crippen LogP contribution >= 0.6 is 0 Å². The molecule has 0 unspecified atom stereocenters. The van der Waals surface area contributed by atoms with Gasteiger partial charge in [-0.2, -0.15) is 0 Å². The van der Waals surface area contributed by atoms with Crippen LogP contribution in [-0.4, -0.2) is 15.3 Å². The quantitative estimate of drug-likeness (QED) is 0.763. The minimum absolute atomic E-state index is 0.332. The summed E-state index contributed by atoms with van der Waals surface area (Å²) in [6, 6.07) is 10.3. The fourth-order valence-corrected chi connectivity index (χ4v) is 2.15. The molecule has 100 valence electrons. The first-order chi connectivity index (χ1) is 9.25. The Morgan fingerprint density at radius 1 is 1.16 bits per heavy atom. The highest BCUT2D eigenvalue weighted by molar-refractivity contribution is 5.78. The van der Waals surface area contributed by atoms with E-state index in [-0.39, 0.29) is 0 Å². The molecule has 2 aromatic rings. The van der Waals surface area contributed by atoms with E-state index < -0.39 is 0 Å². The van der Waals surface area contributed by atoms with Crippen LogP contribution in [0.4, 0.5) is 0 Å². The lowest BCUT2D eigenvalue weighted by Crippen LogP contribution is -2.04. The molecule has 0 radical (unpaired) electrons. The summed E-state index contributed by atoms with van der Waals surface area (Å²) in [6.45, 7) is 0. The van der Waals surface area contributed by atoms with Crippen molar-refractivity contribution in [2.75, 3.05) is 0 Å². The Hall–Kier alpha value is -1.90. The van der Waals surface area contributed by atoms with Crippen molar-refractivity contribution < 1.29 is 4.79 Å². The van der Waals surface area contributed by atoms with Crippen LogP contribution in [0.3, 0.4) is 0 Å². The molecule has 0 bridgehead atoms. The molecule has 0 amide bonds. The smallest absolute Gasteiger partial charge is 0.133 e. The highest BCUT2D eigenvalue weighted by atomic mass is 16.1. The predicted molar refractivity (Wildman–Crippen MR) is 75.9 cm³/mol. The Bertz CT molecular complexity index is 517. The maximum atomic E-state index is 11.8. The van der Waals surface area contributed by atoms with Crippen molar-refractivity contribution in [2.45, 2.75) is 32.1 Å². The molecule has 0 fully saturated rings. The van der Waals surface area contributed by atoms with Gasteiger partial charge in [-0.15, -0.1) is 0 Å². The fraction of sp³-hybridized carbons (Fsp3) is 0.375. The molecule has 0 aliphatic rings. The number of Topliss-reactive ketones (excluding diaryl/α,β-unsaturated/α-hetero) is 1. The normalized spacial score (nSPS) is 10.6. The number of aromatic nitrogens is 2. The molecule has 3 nitrogen and oxygen atoms in total. The van der Waals surface area contributed by atoms with E-state index in [9.17, 15) is 4.79 Å². The highest BCUT2D eigenvalue weighted by Gasteiger charge is 2.05. The molecule has 0 aliphatic carbocycles. The van der Waals surface area contributed by atoms with Gasteiger partial charge in [0.2, 0.25) is 0 Å². The van der Waals surface area contributed by atoms with Crippen molar-refractivity contribution in [1.29, 1.82) is 0 Å². The topological polar surface area (TPSA) is 34.9 Å². The molecule has 1 aromatic heterocycles. The van der Waals surface area contributed by atoms with Crippen LogP contribution in [0, 0.1) is 0 Å². The number of hydrogen-bond acceptors (Lipinski definition) is 2. The summed E-state index contributed by atoms with van der Waals surface area (Å²) in [5.41, 5.74) is 1.31. The molecule has 3 heteroatoms. The van der Waals surface area contributed by atoms with Gasteiger partial charge in [0.1, 0.15) is 11.6 Å². The third-order valence-corrected chi connectivity index (χ3v) is 3.31. The van der Waals surface area contributed by atoms with Gasteiger partial charge in [-0.25, -0.2) is 4.98 Å². The number of carbonyl (C=O) groups is 1. The van der Waals surface area contributed by atoms with Crippen LogP contribution in [0.5, 0.6) is 0 Å². The van der Waals surface area contributed by atoms with Crippen LogP contribution in [0.15, 0.2) is 42.7 Å². The van der Waals surface area contributed by atoms with Gasteiger partial charge in [-0.05, 0) is 18.4 Å². The molecule has 0 saturated carbocycles. The van der Waals surface area contributed by atoms with Crippen LogP contribution < -0.4 is 0 Å². The zero-order valence-electron chi connectivity index (χ0n) is 11.4. The molecular weight excluding hydrogens is 236 g/mol. The highest BCUT2D eigenvalue weighted by Crippen LogP contribution is 2.07. The van der Waals surface area contributed by atoms with Crippen molar-refractivity contribution in [2.24, 2.45) is 7.05 Å². The van der Waals surface area contributed by atoms with Crippen LogP contribution in [0.2, 0.25) is 0 Å². The third-order valence-electron chi connectivity index (χ3n) is 3.31. The molecule has 0 N–H and O–H groups in total. The first-order valence-electron chi connectivity index (χ1n) is 6.77. The third kappa shape index (κ3) is 4.36. The zero-order valence-corrected chi connectivity index (χ0v) is 11.4. The van der Waals surface area contributed by atoms with Crippen molar-refractivity contribution in [3.8, 4) is 0 Å². The number of aryl methyl sites for hydroxylation is 3. The Labute approximate surface area is 114 Å². The zero-order chi connectivity index (χ0) is 13.5. The molecule has 2 rings (SSSR count). The molecule has 1 aromatic carbocycles. The maximum Gasteiger partial charge on any atom is 0.133 e. The van der Waals surface area contributed by atoms with Crippen LogP contribution in [0.25, 0.3) is 0 Å². The lowest BCUT2D eigenvalue weighted by molar-refractivity contribution is -0.119. The van der Waals surface area contributed by atoms with E-state index in [0.717, 1.165) is 25.1 Å². The summed E-state index contributed by atoms with van der Waals surface area (Å²) in [5, 5.41) is 0. The molecule has 0 saturated heterocycles. The molecule has 0 aliphatic heterocycles. The Morgan fingerprint density at radius 2 is 1.95 bits per heavy atom. The summed E-state index contributed by atoms with van der Waals surface area (Å²) >= 11 is 0. The van der Waals surface area contributed by atoms with E-state index in [2.05, 4.69) is 17.1 Å². The summed E-state index contributed by atoms with van der Waals surface area (Å²) in [7, 11) is 1.96. The molecule has 19 heavy (non-hydrogen) atoms. The molecule has 1 heterocycles. The van der Waals surface area contributed by atoms with Crippen molar-refractivity contribution in [3.05, 3.63) is 54.1 Å². The maximum absolute atomic E-state index is 11.8.